The smallest absolute Gasteiger partial charge is 0.253 e. The summed E-state index contributed by atoms with van der Waals surface area (Å²) in [4.78, 5) is 22.4. The fourth-order valence-corrected chi connectivity index (χ4v) is 3.55. The van der Waals surface area contributed by atoms with Gasteiger partial charge in [-0.3, -0.25) is 4.79 Å². The minimum atomic E-state index is -0.308. The number of aromatic nitrogens is 1. The second-order valence-electron chi connectivity index (χ2n) is 5.34. The summed E-state index contributed by atoms with van der Waals surface area (Å²) in [6.07, 6.45) is 2.68. The van der Waals surface area contributed by atoms with Crippen LogP contribution in [0.3, 0.4) is 0 Å². The van der Waals surface area contributed by atoms with Crippen LogP contribution in [0.15, 0.2) is 6.20 Å². The van der Waals surface area contributed by atoms with Gasteiger partial charge in [-0.2, -0.15) is 0 Å². The van der Waals surface area contributed by atoms with Gasteiger partial charge in [0.05, 0.1) is 6.61 Å². The van der Waals surface area contributed by atoms with Crippen LogP contribution in [0.4, 0.5) is 5.13 Å². The van der Waals surface area contributed by atoms with Crippen LogP contribution in [0.2, 0.25) is 0 Å². The van der Waals surface area contributed by atoms with Gasteiger partial charge in [-0.15, -0.1) is 36.2 Å². The molecular weight excluding hydrogens is 359 g/mol. The third-order valence-electron chi connectivity index (χ3n) is 3.95. The Balaban J connectivity index is 0.00000132. The molecular formula is C14H24Cl2N4O2S. The summed E-state index contributed by atoms with van der Waals surface area (Å²) in [6, 6.07) is 0. The molecule has 1 amide bonds. The Morgan fingerprint density at radius 3 is 2.70 bits per heavy atom. The van der Waals surface area contributed by atoms with Gasteiger partial charge in [-0.25, -0.2) is 4.98 Å². The van der Waals surface area contributed by atoms with Crippen LogP contribution in [0.1, 0.15) is 11.8 Å². The van der Waals surface area contributed by atoms with Crippen LogP contribution < -0.4 is 10.2 Å². The Hall–Kier alpha value is -0.600. The van der Waals surface area contributed by atoms with Crippen LogP contribution >= 0.6 is 36.2 Å². The van der Waals surface area contributed by atoms with Gasteiger partial charge in [0.15, 0.2) is 5.13 Å². The monoisotopic (exact) mass is 382 g/mol. The van der Waals surface area contributed by atoms with Gasteiger partial charge >= 0.3 is 0 Å². The maximum absolute atomic E-state index is 12.4. The molecule has 3 heterocycles. The molecule has 0 aliphatic carbocycles. The first-order chi connectivity index (χ1) is 10.3. The second-order valence-corrected chi connectivity index (χ2v) is 6.43. The van der Waals surface area contributed by atoms with E-state index in [1.165, 1.54) is 4.88 Å². The van der Waals surface area contributed by atoms with Crippen molar-refractivity contribution in [3.63, 3.8) is 0 Å². The molecule has 2 fully saturated rings. The lowest BCUT2D eigenvalue weighted by atomic mass is 10.2. The molecule has 0 spiro atoms. The number of nitrogens with one attached hydrogen (secondary N) is 1. The first kappa shape index (κ1) is 20.4. The summed E-state index contributed by atoms with van der Waals surface area (Å²) in [6.45, 7) is 7.43. The minimum Gasteiger partial charge on any atom is -0.366 e. The van der Waals surface area contributed by atoms with E-state index in [9.17, 15) is 4.79 Å². The standard InChI is InChI=1S/C14H22N4O2S.2ClH/c1-2-11-9-16-14(21-11)18-6-4-17(5-7-18)13(19)12-10-15-3-8-20-12;;/h9,12,15H,2-8,10H2,1H3;2*1H. The molecule has 23 heavy (non-hydrogen) atoms. The zero-order valence-electron chi connectivity index (χ0n) is 13.2. The van der Waals surface area contributed by atoms with E-state index in [1.807, 2.05) is 11.1 Å². The molecule has 1 atom stereocenters. The maximum Gasteiger partial charge on any atom is 0.253 e. The summed E-state index contributed by atoms with van der Waals surface area (Å²) < 4.78 is 5.54. The SMILES string of the molecule is CCc1cnc(N2CCN(C(=O)C3CNCCO3)CC2)s1.Cl.Cl. The van der Waals surface area contributed by atoms with Crippen molar-refractivity contribution in [3.8, 4) is 0 Å². The molecule has 0 saturated carbocycles. The maximum atomic E-state index is 12.4. The van der Waals surface area contributed by atoms with Crippen LogP contribution in [-0.4, -0.2) is 67.8 Å². The number of halogens is 2. The van der Waals surface area contributed by atoms with E-state index in [1.54, 1.807) is 11.3 Å². The zero-order chi connectivity index (χ0) is 14.7. The lowest BCUT2D eigenvalue weighted by molar-refractivity contribution is -0.145. The fraction of sp³-hybridized carbons (Fsp3) is 0.714. The molecule has 1 aromatic rings. The fourth-order valence-electron chi connectivity index (χ4n) is 2.65. The molecule has 2 aliphatic heterocycles. The number of amides is 1. The Bertz CT molecular complexity index is 489. The third kappa shape index (κ3) is 4.93. The van der Waals surface area contributed by atoms with Crippen molar-refractivity contribution in [3.05, 3.63) is 11.1 Å². The highest BCUT2D eigenvalue weighted by Crippen LogP contribution is 2.24. The number of carbonyl (C=O) groups excluding carboxylic acids is 1. The number of nitrogens with zero attached hydrogens (tertiary/aromatic N) is 3. The average molecular weight is 383 g/mol. The van der Waals surface area contributed by atoms with E-state index in [0.29, 0.717) is 13.2 Å². The highest BCUT2D eigenvalue weighted by molar-refractivity contribution is 7.15. The molecule has 0 bridgehead atoms. The Labute approximate surface area is 153 Å². The summed E-state index contributed by atoms with van der Waals surface area (Å²) in [7, 11) is 0. The number of hydrogen-bond donors (Lipinski definition) is 1. The van der Waals surface area contributed by atoms with E-state index in [4.69, 9.17) is 4.74 Å². The average Bonchev–Trinajstić information content (AvgIpc) is 3.04. The van der Waals surface area contributed by atoms with Crippen molar-refractivity contribution >= 4 is 47.2 Å². The van der Waals surface area contributed by atoms with Gasteiger partial charge in [0, 0.05) is 50.3 Å². The van der Waals surface area contributed by atoms with Gasteiger partial charge in [-0.05, 0) is 6.42 Å². The zero-order valence-corrected chi connectivity index (χ0v) is 15.6. The highest BCUT2D eigenvalue weighted by atomic mass is 35.5. The van der Waals surface area contributed by atoms with Gasteiger partial charge in [-0.1, -0.05) is 6.92 Å². The first-order valence-corrected chi connectivity index (χ1v) is 8.40. The normalized spacial score (nSPS) is 21.3. The number of hydrogen-bond acceptors (Lipinski definition) is 6. The van der Waals surface area contributed by atoms with E-state index in [0.717, 1.165) is 44.3 Å². The Morgan fingerprint density at radius 2 is 2.13 bits per heavy atom. The predicted molar refractivity (Wildman–Crippen MR) is 97.4 cm³/mol. The number of rotatable bonds is 3. The van der Waals surface area contributed by atoms with Crippen molar-refractivity contribution in [2.24, 2.45) is 0 Å². The Morgan fingerprint density at radius 1 is 1.39 bits per heavy atom. The lowest BCUT2D eigenvalue weighted by Crippen LogP contribution is -2.55. The highest BCUT2D eigenvalue weighted by Gasteiger charge is 2.29. The number of carbonyl (C=O) groups is 1. The summed E-state index contributed by atoms with van der Waals surface area (Å²) >= 11 is 1.75. The number of thiazole rings is 1. The molecule has 1 N–H and O–H groups in total. The van der Waals surface area contributed by atoms with E-state index < -0.39 is 0 Å². The molecule has 2 aliphatic rings. The second kappa shape index (κ2) is 9.64. The minimum absolute atomic E-state index is 0. The van der Waals surface area contributed by atoms with Crippen LogP contribution in [-0.2, 0) is 16.0 Å². The molecule has 6 nitrogen and oxygen atoms in total. The number of piperazine rings is 1. The molecule has 0 aromatic carbocycles. The third-order valence-corrected chi connectivity index (χ3v) is 5.16. The number of anilines is 1. The molecule has 1 aromatic heterocycles. The van der Waals surface area contributed by atoms with Crippen molar-refractivity contribution in [1.29, 1.82) is 0 Å². The molecule has 9 heteroatoms. The predicted octanol–water partition coefficient (Wildman–Crippen LogP) is 1.19. The Kier molecular flexibility index (Phi) is 8.57. The molecule has 0 radical (unpaired) electrons. The number of morpholine rings is 1. The van der Waals surface area contributed by atoms with Crippen molar-refractivity contribution in [1.82, 2.24) is 15.2 Å². The van der Waals surface area contributed by atoms with Crippen molar-refractivity contribution in [2.45, 2.75) is 19.4 Å². The first-order valence-electron chi connectivity index (χ1n) is 7.58. The van der Waals surface area contributed by atoms with Crippen LogP contribution in [0.25, 0.3) is 0 Å². The summed E-state index contributed by atoms with van der Waals surface area (Å²) in [5, 5.41) is 4.29. The van der Waals surface area contributed by atoms with Crippen LogP contribution in [0, 0.1) is 0 Å². The molecule has 2 saturated heterocycles. The van der Waals surface area contributed by atoms with Gasteiger partial charge in [0.25, 0.3) is 5.91 Å². The summed E-state index contributed by atoms with van der Waals surface area (Å²) in [5.41, 5.74) is 0. The molecule has 3 rings (SSSR count). The van der Waals surface area contributed by atoms with Crippen LogP contribution in [0.5, 0.6) is 0 Å². The van der Waals surface area contributed by atoms with E-state index in [-0.39, 0.29) is 36.8 Å². The van der Waals surface area contributed by atoms with Crippen molar-refractivity contribution in [2.75, 3.05) is 50.8 Å². The quantitative estimate of drug-likeness (QED) is 0.850. The largest absolute Gasteiger partial charge is 0.366 e. The number of aryl methyl sites for hydroxylation is 1. The van der Waals surface area contributed by atoms with E-state index >= 15 is 0 Å². The topological polar surface area (TPSA) is 57.7 Å². The van der Waals surface area contributed by atoms with Gasteiger partial charge in [0.2, 0.25) is 0 Å². The summed E-state index contributed by atoms with van der Waals surface area (Å²) in [5.74, 6) is 0.121. The molecule has 132 valence electrons. The number of ether oxygens (including phenoxy) is 1. The molecule has 1 unspecified atom stereocenters. The van der Waals surface area contributed by atoms with Crippen molar-refractivity contribution < 1.29 is 9.53 Å². The lowest BCUT2D eigenvalue weighted by Gasteiger charge is -2.37. The van der Waals surface area contributed by atoms with E-state index in [2.05, 4.69) is 22.1 Å². The van der Waals surface area contributed by atoms with Gasteiger partial charge < -0.3 is 19.9 Å². The van der Waals surface area contributed by atoms with Gasteiger partial charge in [0.1, 0.15) is 6.10 Å².